The number of rotatable bonds is 8. The molecule has 2 N–H and O–H groups in total. The average molecular weight is 228 g/mol. The van der Waals surface area contributed by atoms with E-state index in [1.165, 1.54) is 19.4 Å². The molecule has 0 unspecified atom stereocenters. The highest BCUT2D eigenvalue weighted by Gasteiger charge is 2.28. The molecule has 0 bridgehead atoms. The van der Waals surface area contributed by atoms with Crippen LogP contribution in [-0.2, 0) is 0 Å². The summed E-state index contributed by atoms with van der Waals surface area (Å²) in [4.78, 5) is 2.59. The summed E-state index contributed by atoms with van der Waals surface area (Å²) in [6, 6.07) is 0.617. The van der Waals surface area contributed by atoms with Crippen molar-refractivity contribution < 1.29 is 0 Å². The SMILES string of the molecule is CCC(CC)(CN)CN(CC(C)C)C(C)C. The zero-order valence-electron chi connectivity index (χ0n) is 12.2. The van der Waals surface area contributed by atoms with E-state index in [4.69, 9.17) is 5.73 Å². The third-order valence-corrected chi connectivity index (χ3v) is 3.80. The van der Waals surface area contributed by atoms with E-state index in [0.717, 1.165) is 19.0 Å². The fraction of sp³-hybridized carbons (Fsp3) is 1.00. The molecule has 2 nitrogen and oxygen atoms in total. The first-order chi connectivity index (χ1) is 7.40. The Kier molecular flexibility index (Phi) is 7.25. The van der Waals surface area contributed by atoms with E-state index in [1.807, 2.05) is 0 Å². The fourth-order valence-corrected chi connectivity index (χ4v) is 2.18. The predicted octanol–water partition coefficient (Wildman–Crippen LogP) is 3.12. The van der Waals surface area contributed by atoms with Crippen LogP contribution in [0.5, 0.6) is 0 Å². The summed E-state index contributed by atoms with van der Waals surface area (Å²) in [5.41, 5.74) is 6.30. The Morgan fingerprint density at radius 3 is 1.81 bits per heavy atom. The van der Waals surface area contributed by atoms with Gasteiger partial charge in [0.05, 0.1) is 0 Å². The smallest absolute Gasteiger partial charge is 0.00527 e. The van der Waals surface area contributed by atoms with Gasteiger partial charge in [-0.05, 0) is 44.6 Å². The molecule has 0 saturated carbocycles. The molecular formula is C14H32N2. The molecule has 0 aliphatic heterocycles. The Morgan fingerprint density at radius 2 is 1.56 bits per heavy atom. The molecule has 0 heterocycles. The predicted molar refractivity (Wildman–Crippen MR) is 73.6 cm³/mol. The zero-order valence-corrected chi connectivity index (χ0v) is 12.2. The second-order valence-corrected chi connectivity index (χ2v) is 5.83. The molecule has 0 fully saturated rings. The Bertz CT molecular complexity index is 163. The molecule has 98 valence electrons. The van der Waals surface area contributed by atoms with Crippen LogP contribution in [0.4, 0.5) is 0 Å². The molecule has 0 spiro atoms. The molecule has 0 radical (unpaired) electrons. The van der Waals surface area contributed by atoms with Gasteiger partial charge in [0.25, 0.3) is 0 Å². The second-order valence-electron chi connectivity index (χ2n) is 5.83. The largest absolute Gasteiger partial charge is 0.330 e. The minimum atomic E-state index is 0.319. The van der Waals surface area contributed by atoms with Gasteiger partial charge in [-0.2, -0.15) is 0 Å². The van der Waals surface area contributed by atoms with Crippen LogP contribution < -0.4 is 5.73 Å². The van der Waals surface area contributed by atoms with Crippen LogP contribution >= 0.6 is 0 Å². The monoisotopic (exact) mass is 228 g/mol. The van der Waals surface area contributed by atoms with Crippen molar-refractivity contribution in [2.75, 3.05) is 19.6 Å². The first-order valence-corrected chi connectivity index (χ1v) is 6.84. The molecule has 0 aromatic rings. The number of hydrogen-bond acceptors (Lipinski definition) is 2. The van der Waals surface area contributed by atoms with Crippen molar-refractivity contribution in [2.45, 2.75) is 60.4 Å². The zero-order chi connectivity index (χ0) is 12.8. The molecule has 0 atom stereocenters. The van der Waals surface area contributed by atoms with Crippen LogP contribution in [0, 0.1) is 11.3 Å². The maximum atomic E-state index is 5.98. The molecule has 0 rings (SSSR count). The normalized spacial score (nSPS) is 13.1. The quantitative estimate of drug-likeness (QED) is 0.691. The lowest BCUT2D eigenvalue weighted by Crippen LogP contribution is -2.46. The summed E-state index contributed by atoms with van der Waals surface area (Å²) in [7, 11) is 0. The Hall–Kier alpha value is -0.0800. The molecule has 0 aliphatic carbocycles. The van der Waals surface area contributed by atoms with Crippen molar-refractivity contribution in [1.29, 1.82) is 0 Å². The van der Waals surface area contributed by atoms with Gasteiger partial charge in [0.2, 0.25) is 0 Å². The van der Waals surface area contributed by atoms with E-state index >= 15 is 0 Å². The van der Waals surface area contributed by atoms with Gasteiger partial charge in [-0.1, -0.05) is 27.7 Å². The van der Waals surface area contributed by atoms with Gasteiger partial charge in [0.15, 0.2) is 0 Å². The van der Waals surface area contributed by atoms with E-state index in [0.29, 0.717) is 11.5 Å². The minimum Gasteiger partial charge on any atom is -0.330 e. The highest BCUT2D eigenvalue weighted by Crippen LogP contribution is 2.27. The van der Waals surface area contributed by atoms with Crippen molar-refractivity contribution >= 4 is 0 Å². The van der Waals surface area contributed by atoms with Crippen molar-refractivity contribution in [3.05, 3.63) is 0 Å². The van der Waals surface area contributed by atoms with Crippen molar-refractivity contribution in [1.82, 2.24) is 4.90 Å². The van der Waals surface area contributed by atoms with Crippen molar-refractivity contribution in [3.63, 3.8) is 0 Å². The Morgan fingerprint density at radius 1 is 1.06 bits per heavy atom. The van der Waals surface area contributed by atoms with Gasteiger partial charge in [0, 0.05) is 19.1 Å². The molecule has 2 heteroatoms. The van der Waals surface area contributed by atoms with Crippen molar-refractivity contribution in [2.24, 2.45) is 17.1 Å². The van der Waals surface area contributed by atoms with Gasteiger partial charge < -0.3 is 10.6 Å². The van der Waals surface area contributed by atoms with Gasteiger partial charge in [-0.3, -0.25) is 0 Å². The third-order valence-electron chi connectivity index (χ3n) is 3.80. The lowest BCUT2D eigenvalue weighted by Gasteiger charge is -2.39. The number of nitrogens with zero attached hydrogens (tertiary/aromatic N) is 1. The first kappa shape index (κ1) is 15.9. The molecule has 0 aliphatic rings. The lowest BCUT2D eigenvalue weighted by molar-refractivity contribution is 0.106. The summed E-state index contributed by atoms with van der Waals surface area (Å²) in [5, 5.41) is 0. The van der Waals surface area contributed by atoms with Gasteiger partial charge >= 0.3 is 0 Å². The first-order valence-electron chi connectivity index (χ1n) is 6.84. The molecule has 0 aromatic heterocycles. The van der Waals surface area contributed by atoms with Crippen molar-refractivity contribution in [3.8, 4) is 0 Å². The Balaban J connectivity index is 4.57. The van der Waals surface area contributed by atoms with E-state index < -0.39 is 0 Å². The van der Waals surface area contributed by atoms with E-state index in [2.05, 4.69) is 46.4 Å². The molecular weight excluding hydrogens is 196 g/mol. The molecule has 16 heavy (non-hydrogen) atoms. The molecule has 0 saturated heterocycles. The van der Waals surface area contributed by atoms with E-state index in [9.17, 15) is 0 Å². The summed E-state index contributed by atoms with van der Waals surface area (Å²) < 4.78 is 0. The highest BCUT2D eigenvalue weighted by atomic mass is 15.2. The third kappa shape index (κ3) is 4.84. The summed E-state index contributed by atoms with van der Waals surface area (Å²) in [6.07, 6.45) is 2.36. The summed E-state index contributed by atoms with van der Waals surface area (Å²) >= 11 is 0. The van der Waals surface area contributed by atoms with Crippen LogP contribution in [0.25, 0.3) is 0 Å². The average Bonchev–Trinajstić information content (AvgIpc) is 2.24. The number of nitrogens with two attached hydrogens (primary N) is 1. The molecule has 0 aromatic carbocycles. The fourth-order valence-electron chi connectivity index (χ4n) is 2.18. The molecule has 0 amide bonds. The van der Waals surface area contributed by atoms with E-state index in [1.54, 1.807) is 0 Å². The summed E-state index contributed by atoms with van der Waals surface area (Å²) in [5.74, 6) is 0.728. The standard InChI is InChI=1S/C14H32N2/c1-7-14(8-2,10-15)11-16(13(5)6)9-12(3)4/h12-13H,7-11,15H2,1-6H3. The van der Waals surface area contributed by atoms with Gasteiger partial charge in [0.1, 0.15) is 0 Å². The van der Waals surface area contributed by atoms with Crippen LogP contribution in [0.2, 0.25) is 0 Å². The van der Waals surface area contributed by atoms with E-state index in [-0.39, 0.29) is 0 Å². The minimum absolute atomic E-state index is 0.319. The van der Waals surface area contributed by atoms with Gasteiger partial charge in [-0.25, -0.2) is 0 Å². The van der Waals surface area contributed by atoms with Gasteiger partial charge in [-0.15, -0.1) is 0 Å². The second kappa shape index (κ2) is 7.29. The maximum absolute atomic E-state index is 5.98. The van der Waals surface area contributed by atoms with Crippen LogP contribution in [0.3, 0.4) is 0 Å². The Labute approximate surface area is 103 Å². The lowest BCUT2D eigenvalue weighted by atomic mass is 9.81. The number of hydrogen-bond donors (Lipinski definition) is 1. The maximum Gasteiger partial charge on any atom is 0.00527 e. The van der Waals surface area contributed by atoms with Crippen LogP contribution in [0.1, 0.15) is 54.4 Å². The van der Waals surface area contributed by atoms with Crippen LogP contribution in [-0.4, -0.2) is 30.6 Å². The van der Waals surface area contributed by atoms with Crippen LogP contribution in [0.15, 0.2) is 0 Å². The highest BCUT2D eigenvalue weighted by molar-refractivity contribution is 4.83. The topological polar surface area (TPSA) is 29.3 Å². The summed E-state index contributed by atoms with van der Waals surface area (Å²) in [6.45, 7) is 16.8.